The number of hydrogen-bond donors (Lipinski definition) is 13. The van der Waals surface area contributed by atoms with Crippen molar-refractivity contribution in [2.45, 2.75) is 156 Å². The highest BCUT2D eigenvalue weighted by molar-refractivity contribution is 4.99. The summed E-state index contributed by atoms with van der Waals surface area (Å²) < 4.78 is 58.1. The highest BCUT2D eigenvalue weighted by atomic mass is 16.8. The summed E-state index contributed by atoms with van der Waals surface area (Å²) >= 11 is 0. The number of ether oxygens (including phenoxy) is 10. The monoisotopic (exact) mass is 834 g/mol. The van der Waals surface area contributed by atoms with Gasteiger partial charge in [-0.05, 0) is 0 Å². The molecule has 0 amide bonds. The summed E-state index contributed by atoms with van der Waals surface area (Å²) in [4.78, 5) is 0. The minimum absolute atomic E-state index is 0.555. The highest BCUT2D eigenvalue weighted by Crippen LogP contribution is 2.37. The van der Waals surface area contributed by atoms with E-state index in [-0.39, 0.29) is 0 Å². The maximum Gasteiger partial charge on any atom is 0.176 e. The van der Waals surface area contributed by atoms with Crippen LogP contribution in [0.25, 0.3) is 0 Å². The SMILES string of the molecule is CO[C@H]1OC(CO)[C@H](O[C@@H]2OC(CO)C(O[C@H]3OC(CO)[C@H](O[C@@H]4OC(CO)C(O[C@@H]5O[C@@H](CO)[C@@H](O)C(O)C5C)[C@H](O)C4N)C(O)[C@H]3C)[C@H](O)C2N)C(O)[C@H]1C. The molecule has 5 aliphatic heterocycles. The van der Waals surface area contributed by atoms with Crippen molar-refractivity contribution >= 4 is 0 Å². The first-order valence-corrected chi connectivity index (χ1v) is 19.1. The topological polar surface area (TPSA) is 367 Å². The van der Waals surface area contributed by atoms with Crippen LogP contribution in [0.15, 0.2) is 0 Å². The van der Waals surface area contributed by atoms with Gasteiger partial charge in [0.15, 0.2) is 31.5 Å². The molecule has 0 aromatic heterocycles. The number of rotatable bonds is 14. The summed E-state index contributed by atoms with van der Waals surface area (Å²) in [5.41, 5.74) is 12.6. The smallest absolute Gasteiger partial charge is 0.176 e. The fourth-order valence-corrected chi connectivity index (χ4v) is 7.92. The molecule has 334 valence electrons. The minimum atomic E-state index is -1.59. The summed E-state index contributed by atoms with van der Waals surface area (Å²) in [7, 11) is 1.38. The van der Waals surface area contributed by atoms with Crippen molar-refractivity contribution in [3.05, 3.63) is 0 Å². The first kappa shape index (κ1) is 47.1. The molecule has 15 N–H and O–H groups in total. The Bertz CT molecular complexity index is 1220. The van der Waals surface area contributed by atoms with Gasteiger partial charge in [0.05, 0.1) is 63.4 Å². The molecule has 0 spiro atoms. The molecule has 12 unspecified atom stereocenters. The molecule has 5 aliphatic rings. The van der Waals surface area contributed by atoms with Gasteiger partial charge in [0.2, 0.25) is 0 Å². The zero-order valence-corrected chi connectivity index (χ0v) is 32.1. The van der Waals surface area contributed by atoms with E-state index in [1.54, 1.807) is 6.92 Å². The third kappa shape index (κ3) is 9.61. The molecule has 5 heterocycles. The van der Waals surface area contributed by atoms with E-state index in [1.807, 2.05) is 0 Å². The van der Waals surface area contributed by atoms with Crippen molar-refractivity contribution in [2.24, 2.45) is 29.2 Å². The van der Waals surface area contributed by atoms with Crippen LogP contribution in [-0.2, 0) is 47.4 Å². The third-order valence-electron chi connectivity index (χ3n) is 11.7. The molecule has 23 heteroatoms. The normalized spacial score (nSPS) is 52.5. The Kier molecular flexibility index (Phi) is 16.8. The van der Waals surface area contributed by atoms with E-state index < -0.39 is 186 Å². The predicted octanol–water partition coefficient (Wildman–Crippen LogP) is -7.51. The fourth-order valence-electron chi connectivity index (χ4n) is 7.92. The summed E-state index contributed by atoms with van der Waals surface area (Å²) in [6.45, 7) is 1.30. The number of methoxy groups -OCH3 is 1. The van der Waals surface area contributed by atoms with E-state index in [1.165, 1.54) is 21.0 Å². The van der Waals surface area contributed by atoms with E-state index in [2.05, 4.69) is 0 Å². The van der Waals surface area contributed by atoms with Crippen LogP contribution in [0.5, 0.6) is 0 Å². The van der Waals surface area contributed by atoms with E-state index >= 15 is 0 Å². The van der Waals surface area contributed by atoms with Crippen LogP contribution in [-0.4, -0.2) is 231 Å². The molecule has 5 rings (SSSR count). The Balaban J connectivity index is 1.22. The van der Waals surface area contributed by atoms with Crippen LogP contribution in [0.2, 0.25) is 0 Å². The third-order valence-corrected chi connectivity index (χ3v) is 11.7. The van der Waals surface area contributed by atoms with Crippen molar-refractivity contribution < 1.29 is 104 Å². The number of hydrogen-bond acceptors (Lipinski definition) is 23. The van der Waals surface area contributed by atoms with Crippen LogP contribution in [0.1, 0.15) is 20.8 Å². The lowest BCUT2D eigenvalue weighted by Gasteiger charge is -2.50. The molecule has 0 aromatic rings. The fraction of sp³-hybridized carbons (Fsp3) is 1.00. The van der Waals surface area contributed by atoms with Gasteiger partial charge in [-0.2, -0.15) is 0 Å². The van der Waals surface area contributed by atoms with Gasteiger partial charge in [0.1, 0.15) is 73.2 Å². The largest absolute Gasteiger partial charge is 0.394 e. The molecule has 23 nitrogen and oxygen atoms in total. The molecule has 0 aromatic carbocycles. The summed E-state index contributed by atoms with van der Waals surface area (Å²) in [5, 5.41) is 116. The Morgan fingerprint density at radius 1 is 0.386 bits per heavy atom. The summed E-state index contributed by atoms with van der Waals surface area (Å²) in [5.74, 6) is -2.40. The number of nitrogens with two attached hydrogens (primary N) is 2. The quantitative estimate of drug-likeness (QED) is 0.0773. The lowest BCUT2D eigenvalue weighted by molar-refractivity contribution is -0.372. The molecule has 25 atom stereocenters. The molecular weight excluding hydrogens is 772 g/mol. The van der Waals surface area contributed by atoms with Gasteiger partial charge < -0.3 is 115 Å². The van der Waals surface area contributed by atoms with Crippen molar-refractivity contribution in [1.29, 1.82) is 0 Å². The number of aliphatic hydroxyl groups excluding tert-OH is 11. The van der Waals surface area contributed by atoms with Gasteiger partial charge >= 0.3 is 0 Å². The van der Waals surface area contributed by atoms with Gasteiger partial charge in [0, 0.05) is 24.9 Å². The zero-order chi connectivity index (χ0) is 42.0. The Morgan fingerprint density at radius 2 is 0.667 bits per heavy atom. The lowest BCUT2D eigenvalue weighted by atomic mass is 9.90. The standard InChI is InChI=1S/C34H62N2O21/c1-10-20(42)23(45)13(5-37)49-31(10)54-28-16(8-40)52-34(18(35)24(28)46)57-27-15(7-39)51-32(12(3)22(27)44)55-29-17(9-41)53-33(19(36)25(29)47)56-26-14(6-38)50-30(48-4)11(2)21(26)43/h10-34,37-47H,5-9,35-36H2,1-4H3/t10?,11-,12-,13+,14?,15?,16?,17?,18?,19?,20?,21?,22?,23-,24-,25-,26+,27+,28?,29?,30+,31+,32-,33+,34+/m1/s1. The van der Waals surface area contributed by atoms with Gasteiger partial charge in [0.25, 0.3) is 0 Å². The molecule has 5 saturated heterocycles. The van der Waals surface area contributed by atoms with E-state index in [9.17, 15) is 56.2 Å². The summed E-state index contributed by atoms with van der Waals surface area (Å²) in [6.07, 6.45) is -26.4. The zero-order valence-electron chi connectivity index (χ0n) is 32.1. The molecule has 0 radical (unpaired) electrons. The highest BCUT2D eigenvalue weighted by Gasteiger charge is 2.55. The second-order valence-electron chi connectivity index (χ2n) is 15.4. The van der Waals surface area contributed by atoms with Crippen LogP contribution in [0.3, 0.4) is 0 Å². The van der Waals surface area contributed by atoms with Crippen LogP contribution < -0.4 is 11.5 Å². The van der Waals surface area contributed by atoms with E-state index in [0.29, 0.717) is 0 Å². The first-order chi connectivity index (χ1) is 27.1. The van der Waals surface area contributed by atoms with E-state index in [4.69, 9.17) is 58.8 Å². The summed E-state index contributed by atoms with van der Waals surface area (Å²) in [6, 6.07) is -2.72. The molecule has 0 saturated carbocycles. The van der Waals surface area contributed by atoms with Crippen molar-refractivity contribution in [1.82, 2.24) is 0 Å². The number of aliphatic hydroxyl groups is 11. The lowest BCUT2D eigenvalue weighted by Crippen LogP contribution is -2.68. The first-order valence-electron chi connectivity index (χ1n) is 19.1. The van der Waals surface area contributed by atoms with Crippen LogP contribution >= 0.6 is 0 Å². The average Bonchev–Trinajstić information content (AvgIpc) is 3.21. The average molecular weight is 835 g/mol. The van der Waals surface area contributed by atoms with Gasteiger partial charge in [-0.3, -0.25) is 0 Å². The molecule has 5 fully saturated rings. The van der Waals surface area contributed by atoms with Gasteiger partial charge in [-0.1, -0.05) is 20.8 Å². The molecule has 0 aliphatic carbocycles. The van der Waals surface area contributed by atoms with Crippen molar-refractivity contribution in [2.75, 3.05) is 40.1 Å². The minimum Gasteiger partial charge on any atom is -0.394 e. The van der Waals surface area contributed by atoms with Gasteiger partial charge in [-0.15, -0.1) is 0 Å². The Morgan fingerprint density at radius 3 is 1.04 bits per heavy atom. The molecular formula is C34H62N2O21. The van der Waals surface area contributed by atoms with Gasteiger partial charge in [-0.25, -0.2) is 0 Å². The van der Waals surface area contributed by atoms with Crippen LogP contribution in [0.4, 0.5) is 0 Å². The van der Waals surface area contributed by atoms with Crippen molar-refractivity contribution in [3.8, 4) is 0 Å². The Labute approximate surface area is 328 Å². The second-order valence-corrected chi connectivity index (χ2v) is 15.4. The molecule has 0 bridgehead atoms. The predicted molar refractivity (Wildman–Crippen MR) is 185 cm³/mol. The van der Waals surface area contributed by atoms with Crippen LogP contribution in [0, 0.1) is 17.8 Å². The van der Waals surface area contributed by atoms with Crippen molar-refractivity contribution in [3.63, 3.8) is 0 Å². The maximum atomic E-state index is 11.5. The van der Waals surface area contributed by atoms with E-state index in [0.717, 1.165) is 0 Å². The maximum absolute atomic E-state index is 11.5. The molecule has 57 heavy (non-hydrogen) atoms. The Hall–Kier alpha value is -0.920. The second kappa shape index (κ2) is 20.3.